The molecule has 0 aliphatic carbocycles. The number of nitrogens with two attached hydrogens (primary N) is 1. The lowest BCUT2D eigenvalue weighted by Gasteiger charge is -2.11. The molecular formula is C15H17BrN4O. The summed E-state index contributed by atoms with van der Waals surface area (Å²) in [5.41, 5.74) is 8.24. The number of hydrogen-bond donors (Lipinski definition) is 1. The molecule has 0 unspecified atom stereocenters. The molecule has 2 aromatic rings. The van der Waals surface area contributed by atoms with Gasteiger partial charge in [0.05, 0.1) is 18.0 Å². The van der Waals surface area contributed by atoms with E-state index in [2.05, 4.69) is 27.1 Å². The van der Waals surface area contributed by atoms with Crippen molar-refractivity contribution in [1.29, 1.82) is 5.26 Å². The quantitative estimate of drug-likeness (QED) is 0.915. The second-order valence-electron chi connectivity index (χ2n) is 4.87. The molecule has 0 saturated heterocycles. The number of benzene rings is 1. The lowest BCUT2D eigenvalue weighted by atomic mass is 10.1. The Morgan fingerprint density at radius 3 is 2.76 bits per heavy atom. The molecule has 1 aromatic heterocycles. The Bertz CT molecular complexity index is 700. The highest BCUT2D eigenvalue weighted by Gasteiger charge is 2.20. The molecule has 5 nitrogen and oxygen atoms in total. The van der Waals surface area contributed by atoms with Crippen molar-refractivity contribution < 1.29 is 4.74 Å². The monoisotopic (exact) mass is 348 g/mol. The normalized spacial score (nSPS) is 10.7. The molecule has 2 N–H and O–H groups in total. The first kappa shape index (κ1) is 15.4. The maximum absolute atomic E-state index is 9.39. The van der Waals surface area contributed by atoms with Crippen molar-refractivity contribution in [3.05, 3.63) is 34.1 Å². The molecule has 0 atom stereocenters. The largest absolute Gasteiger partial charge is 0.492 e. The van der Waals surface area contributed by atoms with E-state index in [9.17, 15) is 5.26 Å². The van der Waals surface area contributed by atoms with E-state index in [0.717, 1.165) is 10.2 Å². The van der Waals surface area contributed by atoms with Crippen LogP contribution in [-0.2, 0) is 0 Å². The van der Waals surface area contributed by atoms with Crippen molar-refractivity contribution in [2.75, 3.05) is 12.3 Å². The summed E-state index contributed by atoms with van der Waals surface area (Å²) in [5.74, 6) is 0.797. The second kappa shape index (κ2) is 6.19. The van der Waals surface area contributed by atoms with E-state index in [1.165, 1.54) is 0 Å². The van der Waals surface area contributed by atoms with Crippen LogP contribution >= 0.6 is 15.9 Å². The zero-order valence-electron chi connectivity index (χ0n) is 12.2. The summed E-state index contributed by atoms with van der Waals surface area (Å²) in [6, 6.07) is 7.72. The van der Waals surface area contributed by atoms with Gasteiger partial charge in [0.1, 0.15) is 17.5 Å². The van der Waals surface area contributed by atoms with Crippen LogP contribution in [0.4, 0.5) is 5.69 Å². The fourth-order valence-electron chi connectivity index (χ4n) is 2.09. The molecule has 21 heavy (non-hydrogen) atoms. The van der Waals surface area contributed by atoms with Crippen LogP contribution in [0, 0.1) is 11.3 Å². The molecule has 110 valence electrons. The smallest absolute Gasteiger partial charge is 0.167 e. The van der Waals surface area contributed by atoms with Crippen LogP contribution in [0.3, 0.4) is 0 Å². The average Bonchev–Trinajstić information content (AvgIpc) is 2.76. The zero-order chi connectivity index (χ0) is 15.6. The number of nitrogens with zero attached hydrogens (tertiary/aromatic N) is 3. The summed E-state index contributed by atoms with van der Waals surface area (Å²) < 4.78 is 8.10. The Balaban J connectivity index is 2.67. The summed E-state index contributed by atoms with van der Waals surface area (Å²) in [6.45, 7) is 6.43. The van der Waals surface area contributed by atoms with Gasteiger partial charge in [0.2, 0.25) is 0 Å². The van der Waals surface area contributed by atoms with Gasteiger partial charge in [-0.05, 0) is 31.0 Å². The van der Waals surface area contributed by atoms with Gasteiger partial charge in [0.15, 0.2) is 5.69 Å². The van der Waals surface area contributed by atoms with Gasteiger partial charge in [0, 0.05) is 4.47 Å². The maximum atomic E-state index is 9.39. The van der Waals surface area contributed by atoms with Crippen LogP contribution < -0.4 is 10.5 Å². The van der Waals surface area contributed by atoms with Crippen molar-refractivity contribution in [2.45, 2.75) is 26.7 Å². The molecule has 6 heteroatoms. The van der Waals surface area contributed by atoms with Gasteiger partial charge in [-0.2, -0.15) is 10.4 Å². The van der Waals surface area contributed by atoms with E-state index in [0.29, 0.717) is 29.4 Å². The number of nitrogen functional groups attached to an aromatic ring is 1. The Hall–Kier alpha value is -2.00. The molecule has 0 aliphatic heterocycles. The summed E-state index contributed by atoms with van der Waals surface area (Å²) >= 11 is 3.42. The Morgan fingerprint density at radius 1 is 1.48 bits per heavy atom. The van der Waals surface area contributed by atoms with E-state index in [4.69, 9.17) is 10.5 Å². The highest BCUT2D eigenvalue weighted by Crippen LogP contribution is 2.32. The summed E-state index contributed by atoms with van der Waals surface area (Å²) in [7, 11) is 0. The first-order valence-corrected chi connectivity index (χ1v) is 7.50. The van der Waals surface area contributed by atoms with Gasteiger partial charge >= 0.3 is 0 Å². The highest BCUT2D eigenvalue weighted by atomic mass is 79.9. The molecule has 1 heterocycles. The number of rotatable bonds is 4. The summed E-state index contributed by atoms with van der Waals surface area (Å²) in [6.07, 6.45) is 0. The Labute approximate surface area is 132 Å². The predicted octanol–water partition coefficient (Wildman–Crippen LogP) is 3.61. The van der Waals surface area contributed by atoms with Gasteiger partial charge in [-0.15, -0.1) is 0 Å². The van der Waals surface area contributed by atoms with Crippen LogP contribution in [0.1, 0.15) is 38.1 Å². The van der Waals surface area contributed by atoms with Crippen LogP contribution in [0.2, 0.25) is 0 Å². The lowest BCUT2D eigenvalue weighted by molar-refractivity contribution is 0.338. The van der Waals surface area contributed by atoms with Crippen LogP contribution in [0.25, 0.3) is 5.69 Å². The SMILES string of the molecule is CCOc1cc(Br)ccc1-n1nc(C(C)C)c(N)c1C#N. The molecule has 0 spiro atoms. The molecule has 0 bridgehead atoms. The van der Waals surface area contributed by atoms with E-state index < -0.39 is 0 Å². The highest BCUT2D eigenvalue weighted by molar-refractivity contribution is 9.10. The number of ether oxygens (including phenoxy) is 1. The number of nitriles is 1. The minimum atomic E-state index is 0.143. The number of aromatic nitrogens is 2. The standard InChI is InChI=1S/C15H17BrN4O/c1-4-21-13-7-10(16)5-6-11(13)20-12(8-17)14(18)15(19-20)9(2)3/h5-7,9H,4,18H2,1-3H3. The Kier molecular flexibility index (Phi) is 4.53. The van der Waals surface area contributed by atoms with Crippen LogP contribution in [0.15, 0.2) is 22.7 Å². The summed E-state index contributed by atoms with van der Waals surface area (Å²) in [4.78, 5) is 0. The molecule has 0 fully saturated rings. The minimum absolute atomic E-state index is 0.143. The van der Waals surface area contributed by atoms with Gasteiger partial charge in [0.25, 0.3) is 0 Å². The van der Waals surface area contributed by atoms with E-state index in [1.54, 1.807) is 4.68 Å². The van der Waals surface area contributed by atoms with Crippen molar-refractivity contribution in [2.24, 2.45) is 0 Å². The van der Waals surface area contributed by atoms with Gasteiger partial charge < -0.3 is 10.5 Å². The summed E-state index contributed by atoms with van der Waals surface area (Å²) in [5, 5.41) is 13.9. The number of halogens is 1. The van der Waals surface area contributed by atoms with Crippen LogP contribution in [0.5, 0.6) is 5.75 Å². The topological polar surface area (TPSA) is 76.9 Å². The number of anilines is 1. The molecule has 0 aliphatic rings. The van der Waals surface area contributed by atoms with Crippen molar-refractivity contribution in [3.8, 4) is 17.5 Å². The third-order valence-electron chi connectivity index (χ3n) is 3.05. The molecule has 2 rings (SSSR count). The number of hydrogen-bond acceptors (Lipinski definition) is 4. The van der Waals surface area contributed by atoms with Crippen molar-refractivity contribution in [1.82, 2.24) is 9.78 Å². The van der Waals surface area contributed by atoms with E-state index in [-0.39, 0.29) is 5.92 Å². The van der Waals surface area contributed by atoms with Gasteiger partial charge in [-0.25, -0.2) is 4.68 Å². The Morgan fingerprint density at radius 2 is 2.19 bits per heavy atom. The third-order valence-corrected chi connectivity index (χ3v) is 3.55. The molecular weight excluding hydrogens is 332 g/mol. The lowest BCUT2D eigenvalue weighted by Crippen LogP contribution is -2.05. The van der Waals surface area contributed by atoms with Gasteiger partial charge in [-0.3, -0.25) is 0 Å². The maximum Gasteiger partial charge on any atom is 0.167 e. The van der Waals surface area contributed by atoms with Crippen molar-refractivity contribution in [3.63, 3.8) is 0 Å². The first-order valence-electron chi connectivity index (χ1n) is 6.70. The van der Waals surface area contributed by atoms with E-state index >= 15 is 0 Å². The second-order valence-corrected chi connectivity index (χ2v) is 5.79. The predicted molar refractivity (Wildman–Crippen MR) is 85.6 cm³/mol. The fourth-order valence-corrected chi connectivity index (χ4v) is 2.43. The average molecular weight is 349 g/mol. The van der Waals surface area contributed by atoms with Gasteiger partial charge in [-0.1, -0.05) is 29.8 Å². The first-order chi connectivity index (χ1) is 9.99. The minimum Gasteiger partial charge on any atom is -0.492 e. The van der Waals surface area contributed by atoms with E-state index in [1.807, 2.05) is 39.0 Å². The van der Waals surface area contributed by atoms with Crippen molar-refractivity contribution >= 4 is 21.6 Å². The van der Waals surface area contributed by atoms with Crippen LogP contribution in [-0.4, -0.2) is 16.4 Å². The molecule has 0 radical (unpaired) electrons. The third kappa shape index (κ3) is 2.88. The molecule has 0 saturated carbocycles. The fraction of sp³-hybridized carbons (Fsp3) is 0.333. The zero-order valence-corrected chi connectivity index (χ0v) is 13.8. The molecule has 0 amide bonds. The molecule has 1 aromatic carbocycles.